The van der Waals surface area contributed by atoms with Gasteiger partial charge in [0.1, 0.15) is 30.2 Å². The number of amides is 3. The van der Waals surface area contributed by atoms with Crippen LogP contribution in [0.25, 0.3) is 11.1 Å². The number of hydrogen-bond acceptors (Lipinski definition) is 6. The molecule has 0 saturated heterocycles. The lowest BCUT2D eigenvalue weighted by atomic mass is 9.91. The van der Waals surface area contributed by atoms with Gasteiger partial charge in [0.05, 0.1) is 15.7 Å². The zero-order valence-corrected chi connectivity index (χ0v) is 34.0. The van der Waals surface area contributed by atoms with Crippen molar-refractivity contribution in [2.75, 3.05) is 5.32 Å². The zero-order chi connectivity index (χ0) is 41.9. The molecule has 1 unspecified atom stereocenters. The smallest absolute Gasteiger partial charge is 0.326 e. The summed E-state index contributed by atoms with van der Waals surface area (Å²) in [6.45, 7) is 0.299. The monoisotopic (exact) mass is 859 g/mol. The van der Waals surface area contributed by atoms with Crippen LogP contribution in [0.15, 0.2) is 133 Å². The van der Waals surface area contributed by atoms with Crippen LogP contribution in [0.2, 0.25) is 15.1 Å². The minimum atomic E-state index is -1.27. The van der Waals surface area contributed by atoms with Crippen LogP contribution in [0.4, 0.5) is 5.69 Å². The molecular weight excluding hydrogens is 825 g/mol. The Bertz CT molecular complexity index is 2590. The molecule has 302 valence electrons. The van der Waals surface area contributed by atoms with Crippen molar-refractivity contribution in [3.8, 4) is 22.6 Å². The van der Waals surface area contributed by atoms with Gasteiger partial charge >= 0.3 is 5.97 Å². The highest BCUT2D eigenvalue weighted by atomic mass is 35.5. The number of carboxylic acids is 1. The number of carbonyl (C=O) groups excluding carboxylic acids is 3. The molecule has 0 bridgehead atoms. The summed E-state index contributed by atoms with van der Waals surface area (Å²) in [5, 5.41) is 17.4. The predicted octanol–water partition coefficient (Wildman–Crippen LogP) is 9.34. The second kappa shape index (κ2) is 17.5. The Kier molecular flexibility index (Phi) is 11.8. The number of rotatable bonds is 11. The van der Waals surface area contributed by atoms with Gasteiger partial charge in [-0.3, -0.25) is 14.4 Å². The number of hydrogen-bond donors (Lipinski definition) is 3. The van der Waals surface area contributed by atoms with Gasteiger partial charge in [0.25, 0.3) is 11.8 Å². The van der Waals surface area contributed by atoms with E-state index < -0.39 is 36.0 Å². The number of nitrogens with one attached hydrogen (secondary N) is 2. The summed E-state index contributed by atoms with van der Waals surface area (Å²) in [6.07, 6.45) is -0.881. The molecule has 3 atom stereocenters. The molecule has 2 heterocycles. The maximum absolute atomic E-state index is 14.1. The highest BCUT2D eigenvalue weighted by molar-refractivity contribution is 6.42. The average molecular weight is 861 g/mol. The van der Waals surface area contributed by atoms with E-state index >= 15 is 0 Å². The topological polar surface area (TPSA) is 134 Å². The number of fused-ring (bicyclic) bond motifs is 2. The first-order valence-corrected chi connectivity index (χ1v) is 20.2. The van der Waals surface area contributed by atoms with Gasteiger partial charge in [-0.25, -0.2) is 4.79 Å². The molecule has 0 aromatic heterocycles. The first-order valence-electron chi connectivity index (χ1n) is 19.0. The summed E-state index contributed by atoms with van der Waals surface area (Å²) in [7, 11) is 0. The highest BCUT2D eigenvalue weighted by Gasteiger charge is 2.39. The van der Waals surface area contributed by atoms with E-state index in [0.717, 1.165) is 22.3 Å². The molecule has 6 aromatic carbocycles. The van der Waals surface area contributed by atoms with Crippen LogP contribution < -0.4 is 20.1 Å². The lowest BCUT2D eigenvalue weighted by Crippen LogP contribution is -2.56. The van der Waals surface area contributed by atoms with Gasteiger partial charge in [0.15, 0.2) is 0 Å². The van der Waals surface area contributed by atoms with Crippen molar-refractivity contribution in [2.45, 2.75) is 44.2 Å². The first kappa shape index (κ1) is 40.4. The van der Waals surface area contributed by atoms with Crippen LogP contribution in [0.5, 0.6) is 11.5 Å². The fourth-order valence-corrected chi connectivity index (χ4v) is 7.76. The van der Waals surface area contributed by atoms with Crippen LogP contribution in [0, 0.1) is 0 Å². The maximum atomic E-state index is 14.1. The van der Waals surface area contributed by atoms with Gasteiger partial charge in [0.2, 0.25) is 12.0 Å². The van der Waals surface area contributed by atoms with Gasteiger partial charge < -0.3 is 30.1 Å². The molecule has 6 aromatic rings. The normalized spacial score (nSPS) is 16.1. The third kappa shape index (κ3) is 8.96. The Hall–Kier alpha value is -6.33. The second-order valence-corrected chi connectivity index (χ2v) is 15.8. The lowest BCUT2D eigenvalue weighted by molar-refractivity contribution is -0.142. The number of halogens is 3. The Morgan fingerprint density at radius 2 is 1.48 bits per heavy atom. The van der Waals surface area contributed by atoms with Crippen molar-refractivity contribution >= 4 is 64.2 Å². The van der Waals surface area contributed by atoms with E-state index in [9.17, 15) is 24.3 Å². The van der Waals surface area contributed by atoms with Crippen molar-refractivity contribution in [2.24, 2.45) is 0 Å². The number of carboxylic acid groups (broad SMARTS) is 1. The lowest BCUT2D eigenvalue weighted by Gasteiger charge is -2.37. The third-order valence-corrected chi connectivity index (χ3v) is 11.5. The van der Waals surface area contributed by atoms with Crippen molar-refractivity contribution in [1.29, 1.82) is 0 Å². The van der Waals surface area contributed by atoms with E-state index in [1.165, 1.54) is 4.90 Å². The highest BCUT2D eigenvalue weighted by Crippen LogP contribution is 2.40. The Labute approximate surface area is 360 Å². The third-order valence-electron chi connectivity index (χ3n) is 10.5. The molecule has 0 fully saturated rings. The van der Waals surface area contributed by atoms with Gasteiger partial charge in [-0.1, -0.05) is 108 Å². The molecule has 0 spiro atoms. The first-order chi connectivity index (χ1) is 29.0. The van der Waals surface area contributed by atoms with Crippen molar-refractivity contribution < 1.29 is 33.8 Å². The van der Waals surface area contributed by atoms with Crippen molar-refractivity contribution in [1.82, 2.24) is 10.2 Å². The molecule has 3 N–H and O–H groups in total. The Morgan fingerprint density at radius 1 is 0.800 bits per heavy atom. The largest absolute Gasteiger partial charge is 0.489 e. The van der Waals surface area contributed by atoms with E-state index in [2.05, 4.69) is 10.6 Å². The quantitative estimate of drug-likeness (QED) is 0.118. The minimum absolute atomic E-state index is 0.0183. The summed E-state index contributed by atoms with van der Waals surface area (Å²) < 4.78 is 12.2. The van der Waals surface area contributed by atoms with Gasteiger partial charge in [0, 0.05) is 35.5 Å². The summed E-state index contributed by atoms with van der Waals surface area (Å²) in [6, 6.07) is 36.9. The summed E-state index contributed by atoms with van der Waals surface area (Å²) >= 11 is 18.2. The van der Waals surface area contributed by atoms with Crippen LogP contribution in [-0.4, -0.2) is 45.8 Å². The fraction of sp³-hybridized carbons (Fsp3) is 0.149. The van der Waals surface area contributed by atoms with Crippen LogP contribution in [0.3, 0.4) is 0 Å². The van der Waals surface area contributed by atoms with Crippen LogP contribution >= 0.6 is 34.8 Å². The number of aliphatic carboxylic acids is 1. The number of benzene rings is 6. The Morgan fingerprint density at radius 3 is 2.17 bits per heavy atom. The number of nitrogens with zero attached hydrogens (tertiary/aromatic N) is 1. The second-order valence-electron chi connectivity index (χ2n) is 14.5. The van der Waals surface area contributed by atoms with Crippen molar-refractivity contribution in [3.63, 3.8) is 0 Å². The number of carbonyl (C=O) groups is 4. The maximum Gasteiger partial charge on any atom is 0.326 e. The summed E-state index contributed by atoms with van der Waals surface area (Å²) in [4.78, 5) is 55.6. The molecule has 0 saturated carbocycles. The zero-order valence-electron chi connectivity index (χ0n) is 31.7. The molecule has 3 amide bonds. The molecule has 13 heteroatoms. The molecule has 10 nitrogen and oxygen atoms in total. The van der Waals surface area contributed by atoms with Gasteiger partial charge in [-0.15, -0.1) is 0 Å². The van der Waals surface area contributed by atoms with Gasteiger partial charge in [-0.2, -0.15) is 0 Å². The van der Waals surface area contributed by atoms with Crippen LogP contribution in [0.1, 0.15) is 44.3 Å². The summed E-state index contributed by atoms with van der Waals surface area (Å²) in [5.41, 5.74) is 6.26. The van der Waals surface area contributed by atoms with E-state index in [0.29, 0.717) is 54.5 Å². The van der Waals surface area contributed by atoms with Gasteiger partial charge in [-0.05, 0) is 94.0 Å². The van der Waals surface area contributed by atoms with Crippen LogP contribution in [-0.2, 0) is 40.4 Å². The van der Waals surface area contributed by atoms with E-state index in [-0.39, 0.29) is 31.9 Å². The standard InChI is InChI=1S/C47H36Cl3N3O7/c48-35-15-11-30(12-16-35)29-9-6-27(7-10-29)21-40(47(57)58)52-44(54)41-23-33-22-39-42(24-34(33)25-53(41)46(56)32-4-2-1-3-5-32)60-43(45(55)51-39)31-13-17-36(18-14-31)59-26-28-8-19-37(49)38(50)20-28/h1-20,22,24,40-41,43H,21,23,25-26H2,(H,51,55)(H,52,54)(H,57,58)/t40?,41-,43-/m0/s1. The molecular formula is C47H36Cl3N3O7. The average Bonchev–Trinajstić information content (AvgIpc) is 3.26. The predicted molar refractivity (Wildman–Crippen MR) is 230 cm³/mol. The fourth-order valence-electron chi connectivity index (χ4n) is 7.32. The summed E-state index contributed by atoms with van der Waals surface area (Å²) in [5.74, 6) is -1.62. The number of anilines is 1. The Balaban J connectivity index is 0.994. The SMILES string of the molecule is O=C(O)C(Cc1ccc(-c2ccc(Cl)cc2)cc1)NC(=O)[C@@H]1Cc2cc3c(cc2CN1C(=O)c1ccccc1)O[C@@H](c1ccc(OCc2ccc(Cl)c(Cl)c2)cc1)C(=O)N3. The molecule has 0 aliphatic carbocycles. The van der Waals surface area contributed by atoms with E-state index in [1.54, 1.807) is 91.0 Å². The van der Waals surface area contributed by atoms with Crippen molar-refractivity contribution in [3.05, 3.63) is 182 Å². The molecule has 2 aliphatic rings. The molecule has 0 radical (unpaired) electrons. The number of ether oxygens (including phenoxy) is 2. The minimum Gasteiger partial charge on any atom is -0.489 e. The van der Waals surface area contributed by atoms with E-state index in [4.69, 9.17) is 44.3 Å². The van der Waals surface area contributed by atoms with E-state index in [1.807, 2.05) is 42.5 Å². The molecule has 60 heavy (non-hydrogen) atoms. The molecule has 2 aliphatic heterocycles. The molecule has 8 rings (SSSR count).